The van der Waals surface area contributed by atoms with E-state index in [1.165, 1.54) is 5.56 Å². The van der Waals surface area contributed by atoms with Crippen molar-refractivity contribution in [1.29, 1.82) is 0 Å². The van der Waals surface area contributed by atoms with Gasteiger partial charge in [0.1, 0.15) is 5.82 Å². The largest absolute Gasteiger partial charge is 0.378 e. The number of anilines is 1. The van der Waals surface area contributed by atoms with E-state index in [-0.39, 0.29) is 0 Å². The third-order valence-electron chi connectivity index (χ3n) is 3.04. The van der Waals surface area contributed by atoms with E-state index in [1.54, 1.807) is 0 Å². The van der Waals surface area contributed by atoms with Crippen molar-refractivity contribution in [1.82, 2.24) is 15.2 Å². The van der Waals surface area contributed by atoms with Gasteiger partial charge >= 0.3 is 0 Å². The van der Waals surface area contributed by atoms with E-state index in [1.807, 2.05) is 42.5 Å². The number of aryl methyl sites for hydroxylation is 1. The lowest BCUT2D eigenvalue weighted by Gasteiger charge is -2.02. The molecule has 0 bridgehead atoms. The van der Waals surface area contributed by atoms with Crippen LogP contribution in [0.4, 0.5) is 5.69 Å². The summed E-state index contributed by atoms with van der Waals surface area (Å²) in [6.45, 7) is 2.69. The summed E-state index contributed by atoms with van der Waals surface area (Å²) in [7, 11) is 0. The third kappa shape index (κ3) is 2.85. The van der Waals surface area contributed by atoms with Crippen LogP contribution in [-0.2, 0) is 6.54 Å². The van der Waals surface area contributed by atoms with Gasteiger partial charge in [-0.3, -0.25) is 5.10 Å². The second-order valence-corrected chi connectivity index (χ2v) is 4.69. The summed E-state index contributed by atoms with van der Waals surface area (Å²) in [5.74, 6) is 1.56. The molecule has 3 aromatic rings. The molecular formula is C16H16N4. The number of nitrogens with one attached hydrogen (secondary N) is 2. The molecule has 0 aliphatic carbocycles. The van der Waals surface area contributed by atoms with Crippen LogP contribution in [0.2, 0.25) is 0 Å². The fourth-order valence-electron chi connectivity index (χ4n) is 2.03. The maximum absolute atomic E-state index is 4.51. The van der Waals surface area contributed by atoms with Crippen molar-refractivity contribution in [3.8, 4) is 11.4 Å². The molecule has 0 atom stereocenters. The van der Waals surface area contributed by atoms with Crippen LogP contribution < -0.4 is 5.32 Å². The third-order valence-corrected chi connectivity index (χ3v) is 3.04. The molecule has 4 nitrogen and oxygen atoms in total. The van der Waals surface area contributed by atoms with Crippen molar-refractivity contribution in [2.75, 3.05) is 5.32 Å². The fraction of sp³-hybridized carbons (Fsp3) is 0.125. The fourth-order valence-corrected chi connectivity index (χ4v) is 2.03. The molecule has 0 saturated heterocycles. The number of aromatic amines is 1. The van der Waals surface area contributed by atoms with Gasteiger partial charge in [-0.05, 0) is 25.1 Å². The molecule has 2 N–H and O–H groups in total. The van der Waals surface area contributed by atoms with Gasteiger partial charge in [0.2, 0.25) is 0 Å². The number of hydrogen-bond donors (Lipinski definition) is 2. The van der Waals surface area contributed by atoms with Crippen molar-refractivity contribution in [3.05, 3.63) is 66.0 Å². The van der Waals surface area contributed by atoms with Crippen molar-refractivity contribution in [2.24, 2.45) is 0 Å². The summed E-state index contributed by atoms with van der Waals surface area (Å²) in [5, 5.41) is 10.5. The summed E-state index contributed by atoms with van der Waals surface area (Å²) in [6, 6.07) is 18.2. The number of rotatable bonds is 4. The average Bonchev–Trinajstić information content (AvgIpc) is 2.95. The van der Waals surface area contributed by atoms with Gasteiger partial charge in [0.05, 0.1) is 6.54 Å². The zero-order chi connectivity index (χ0) is 13.8. The molecule has 100 valence electrons. The molecular weight excluding hydrogens is 248 g/mol. The van der Waals surface area contributed by atoms with Gasteiger partial charge in [0.25, 0.3) is 0 Å². The second kappa shape index (κ2) is 5.57. The Morgan fingerprint density at radius 2 is 1.90 bits per heavy atom. The van der Waals surface area contributed by atoms with Crippen LogP contribution in [-0.4, -0.2) is 15.2 Å². The van der Waals surface area contributed by atoms with Crippen LogP contribution in [0.3, 0.4) is 0 Å². The standard InChI is InChI=1S/C16H16N4/c1-12-6-5-7-13(10-12)16-18-15(19-20-16)11-17-14-8-3-2-4-9-14/h2-10,17H,11H2,1H3,(H,18,19,20). The minimum atomic E-state index is 0.628. The number of hydrogen-bond acceptors (Lipinski definition) is 3. The zero-order valence-corrected chi connectivity index (χ0v) is 11.3. The van der Waals surface area contributed by atoms with Gasteiger partial charge in [0, 0.05) is 11.3 Å². The van der Waals surface area contributed by atoms with Crippen molar-refractivity contribution in [2.45, 2.75) is 13.5 Å². The van der Waals surface area contributed by atoms with Crippen molar-refractivity contribution >= 4 is 5.69 Å². The molecule has 20 heavy (non-hydrogen) atoms. The Morgan fingerprint density at radius 1 is 1.05 bits per heavy atom. The highest BCUT2D eigenvalue weighted by Crippen LogP contribution is 2.16. The summed E-state index contributed by atoms with van der Waals surface area (Å²) < 4.78 is 0. The van der Waals surface area contributed by atoms with Gasteiger partial charge in [0.15, 0.2) is 5.82 Å². The predicted molar refractivity (Wildman–Crippen MR) is 80.3 cm³/mol. The van der Waals surface area contributed by atoms with Gasteiger partial charge in [-0.25, -0.2) is 4.98 Å². The lowest BCUT2D eigenvalue weighted by atomic mass is 10.1. The maximum atomic E-state index is 4.51. The highest BCUT2D eigenvalue weighted by Gasteiger charge is 2.05. The molecule has 2 aromatic carbocycles. The Bertz CT molecular complexity index is 688. The van der Waals surface area contributed by atoms with E-state index in [2.05, 4.69) is 39.6 Å². The van der Waals surface area contributed by atoms with Gasteiger partial charge in [-0.1, -0.05) is 42.0 Å². The molecule has 0 fully saturated rings. The molecule has 0 amide bonds. The predicted octanol–water partition coefficient (Wildman–Crippen LogP) is 3.39. The molecule has 0 aliphatic rings. The first-order chi connectivity index (χ1) is 9.81. The molecule has 1 aromatic heterocycles. The minimum absolute atomic E-state index is 0.628. The van der Waals surface area contributed by atoms with Crippen molar-refractivity contribution < 1.29 is 0 Å². The molecule has 0 spiro atoms. The summed E-state index contributed by atoms with van der Waals surface area (Å²) >= 11 is 0. The number of para-hydroxylation sites is 1. The normalized spacial score (nSPS) is 10.4. The lowest BCUT2D eigenvalue weighted by Crippen LogP contribution is -2.00. The molecule has 3 rings (SSSR count). The average molecular weight is 264 g/mol. The second-order valence-electron chi connectivity index (χ2n) is 4.69. The maximum Gasteiger partial charge on any atom is 0.181 e. The van der Waals surface area contributed by atoms with E-state index in [0.717, 1.165) is 22.9 Å². The Kier molecular flexibility index (Phi) is 3.46. The molecule has 0 radical (unpaired) electrons. The van der Waals surface area contributed by atoms with E-state index in [0.29, 0.717) is 6.54 Å². The number of nitrogens with zero attached hydrogens (tertiary/aromatic N) is 2. The molecule has 0 unspecified atom stereocenters. The Morgan fingerprint density at radius 3 is 2.70 bits per heavy atom. The molecule has 1 heterocycles. The SMILES string of the molecule is Cc1cccc(-c2n[nH]c(CNc3ccccc3)n2)c1. The topological polar surface area (TPSA) is 53.6 Å². The number of H-pyrrole nitrogens is 1. The minimum Gasteiger partial charge on any atom is -0.378 e. The Labute approximate surface area is 117 Å². The first-order valence-electron chi connectivity index (χ1n) is 6.58. The van der Waals surface area contributed by atoms with Crippen LogP contribution in [0.1, 0.15) is 11.4 Å². The van der Waals surface area contributed by atoms with Crippen LogP contribution in [0.5, 0.6) is 0 Å². The van der Waals surface area contributed by atoms with Gasteiger partial charge < -0.3 is 5.32 Å². The van der Waals surface area contributed by atoms with Crippen LogP contribution in [0.25, 0.3) is 11.4 Å². The summed E-state index contributed by atoms with van der Waals surface area (Å²) in [5.41, 5.74) is 3.31. The molecule has 0 aliphatic heterocycles. The number of aromatic nitrogens is 3. The number of benzene rings is 2. The highest BCUT2D eigenvalue weighted by molar-refractivity contribution is 5.55. The summed E-state index contributed by atoms with van der Waals surface area (Å²) in [4.78, 5) is 4.51. The first kappa shape index (κ1) is 12.4. The first-order valence-corrected chi connectivity index (χ1v) is 6.58. The van der Waals surface area contributed by atoms with E-state index >= 15 is 0 Å². The zero-order valence-electron chi connectivity index (χ0n) is 11.3. The van der Waals surface area contributed by atoms with E-state index < -0.39 is 0 Å². The molecule has 4 heteroatoms. The van der Waals surface area contributed by atoms with Crippen LogP contribution in [0.15, 0.2) is 54.6 Å². The van der Waals surface area contributed by atoms with Crippen LogP contribution >= 0.6 is 0 Å². The van der Waals surface area contributed by atoms with E-state index in [4.69, 9.17) is 0 Å². The monoisotopic (exact) mass is 264 g/mol. The Balaban J connectivity index is 1.71. The van der Waals surface area contributed by atoms with Crippen LogP contribution in [0, 0.1) is 6.92 Å². The highest BCUT2D eigenvalue weighted by atomic mass is 15.2. The summed E-state index contributed by atoms with van der Waals surface area (Å²) in [6.07, 6.45) is 0. The van der Waals surface area contributed by atoms with Gasteiger partial charge in [-0.15, -0.1) is 0 Å². The van der Waals surface area contributed by atoms with E-state index in [9.17, 15) is 0 Å². The molecule has 0 saturated carbocycles. The quantitative estimate of drug-likeness (QED) is 0.759. The lowest BCUT2D eigenvalue weighted by molar-refractivity contribution is 0.955. The Hall–Kier alpha value is -2.62. The van der Waals surface area contributed by atoms with Gasteiger partial charge in [-0.2, -0.15) is 5.10 Å². The smallest absolute Gasteiger partial charge is 0.181 e. The van der Waals surface area contributed by atoms with Crippen molar-refractivity contribution in [3.63, 3.8) is 0 Å².